The van der Waals surface area contributed by atoms with E-state index in [1.54, 1.807) is 20.8 Å². The number of rotatable bonds is 6. The van der Waals surface area contributed by atoms with Crippen LogP contribution in [-0.4, -0.2) is 41.4 Å². The number of aliphatic carboxylic acids is 1. The predicted octanol–water partition coefficient (Wildman–Crippen LogP) is 2.28. The Kier molecular flexibility index (Phi) is 6.95. The van der Waals surface area contributed by atoms with E-state index in [0.717, 1.165) is 25.8 Å². The summed E-state index contributed by atoms with van der Waals surface area (Å²) in [6.45, 7) is 6.29. The zero-order valence-electron chi connectivity index (χ0n) is 13.3. The Bertz CT molecular complexity index is 346. The van der Waals surface area contributed by atoms with Gasteiger partial charge in [-0.25, -0.2) is 9.59 Å². The lowest BCUT2D eigenvalue weighted by atomic mass is 9.98. The second-order valence-corrected chi connectivity index (χ2v) is 6.61. The summed E-state index contributed by atoms with van der Waals surface area (Å²) in [5.74, 6) is -1.02. The van der Waals surface area contributed by atoms with Crippen LogP contribution in [0.3, 0.4) is 0 Å². The number of alkyl carbamates (subject to hydrolysis) is 1. The average molecular weight is 300 g/mol. The summed E-state index contributed by atoms with van der Waals surface area (Å²) < 4.78 is 5.09. The summed E-state index contributed by atoms with van der Waals surface area (Å²) in [6, 6.07) is -0.404. The zero-order valence-corrected chi connectivity index (χ0v) is 13.3. The number of carbonyl (C=O) groups excluding carboxylic acids is 1. The molecule has 0 bridgehead atoms. The molecule has 1 amide bonds. The molecule has 1 aliphatic heterocycles. The van der Waals surface area contributed by atoms with Crippen molar-refractivity contribution in [3.05, 3.63) is 0 Å². The van der Waals surface area contributed by atoms with E-state index in [0.29, 0.717) is 12.5 Å². The molecule has 3 N–H and O–H groups in total. The van der Waals surface area contributed by atoms with Crippen LogP contribution in [0.4, 0.5) is 4.79 Å². The minimum Gasteiger partial charge on any atom is -0.480 e. The molecule has 6 heteroatoms. The van der Waals surface area contributed by atoms with Gasteiger partial charge in [0.15, 0.2) is 0 Å². The van der Waals surface area contributed by atoms with Crippen molar-refractivity contribution < 1.29 is 19.4 Å². The lowest BCUT2D eigenvalue weighted by molar-refractivity contribution is -0.139. The quantitative estimate of drug-likeness (QED) is 0.700. The average Bonchev–Trinajstić information content (AvgIpc) is 2.36. The fourth-order valence-electron chi connectivity index (χ4n) is 2.45. The van der Waals surface area contributed by atoms with Crippen molar-refractivity contribution in [1.82, 2.24) is 10.6 Å². The van der Waals surface area contributed by atoms with Crippen molar-refractivity contribution in [3.63, 3.8) is 0 Å². The first-order valence-corrected chi connectivity index (χ1v) is 7.73. The first kappa shape index (κ1) is 17.8. The highest BCUT2D eigenvalue weighted by Gasteiger charge is 2.24. The molecule has 122 valence electrons. The number of ether oxygens (including phenoxy) is 1. The molecule has 1 fully saturated rings. The van der Waals surface area contributed by atoms with Gasteiger partial charge in [0.2, 0.25) is 0 Å². The summed E-state index contributed by atoms with van der Waals surface area (Å²) in [7, 11) is 0. The van der Waals surface area contributed by atoms with Crippen LogP contribution in [0.25, 0.3) is 0 Å². The highest BCUT2D eigenvalue weighted by molar-refractivity contribution is 5.79. The van der Waals surface area contributed by atoms with Crippen molar-refractivity contribution in [1.29, 1.82) is 0 Å². The van der Waals surface area contributed by atoms with Crippen LogP contribution in [0.1, 0.15) is 59.3 Å². The first-order chi connectivity index (χ1) is 9.78. The number of hydrogen-bond acceptors (Lipinski definition) is 4. The molecule has 1 rings (SSSR count). The van der Waals surface area contributed by atoms with Crippen LogP contribution < -0.4 is 10.6 Å². The molecule has 0 aromatic rings. The number of carboxylic acid groups (broad SMARTS) is 1. The Morgan fingerprint density at radius 1 is 1.38 bits per heavy atom. The lowest BCUT2D eigenvalue weighted by Crippen LogP contribution is -2.43. The van der Waals surface area contributed by atoms with Crippen LogP contribution in [0.2, 0.25) is 0 Å². The fraction of sp³-hybridized carbons (Fsp3) is 0.867. The van der Waals surface area contributed by atoms with Crippen molar-refractivity contribution in [2.24, 2.45) is 0 Å². The minimum absolute atomic E-state index is 0.423. The van der Waals surface area contributed by atoms with E-state index < -0.39 is 23.7 Å². The Morgan fingerprint density at radius 2 is 2.10 bits per heavy atom. The highest BCUT2D eigenvalue weighted by Crippen LogP contribution is 2.14. The Morgan fingerprint density at radius 3 is 2.62 bits per heavy atom. The smallest absolute Gasteiger partial charge is 0.408 e. The second-order valence-electron chi connectivity index (χ2n) is 6.61. The molecule has 21 heavy (non-hydrogen) atoms. The first-order valence-electron chi connectivity index (χ1n) is 7.73. The number of carbonyl (C=O) groups is 2. The van der Waals surface area contributed by atoms with Crippen LogP contribution in [-0.2, 0) is 9.53 Å². The van der Waals surface area contributed by atoms with Gasteiger partial charge in [-0.15, -0.1) is 0 Å². The highest BCUT2D eigenvalue weighted by atomic mass is 16.6. The Balaban J connectivity index is 2.32. The third-order valence-corrected chi connectivity index (χ3v) is 3.45. The van der Waals surface area contributed by atoms with E-state index in [1.807, 2.05) is 0 Å². The number of nitrogens with one attached hydrogen (secondary N) is 2. The Hall–Kier alpha value is -1.30. The summed E-state index contributed by atoms with van der Waals surface area (Å²) in [5.41, 5.74) is -0.626. The fourth-order valence-corrected chi connectivity index (χ4v) is 2.45. The molecule has 0 radical (unpaired) electrons. The molecular weight excluding hydrogens is 272 g/mol. The molecule has 0 aliphatic carbocycles. The molecule has 2 atom stereocenters. The van der Waals surface area contributed by atoms with E-state index in [2.05, 4.69) is 10.6 Å². The molecule has 1 saturated heterocycles. The number of carboxylic acids is 1. The van der Waals surface area contributed by atoms with E-state index in [4.69, 9.17) is 4.74 Å². The lowest BCUT2D eigenvalue weighted by Gasteiger charge is -2.24. The monoisotopic (exact) mass is 300 g/mol. The van der Waals surface area contributed by atoms with E-state index >= 15 is 0 Å². The van der Waals surface area contributed by atoms with Crippen molar-refractivity contribution >= 4 is 12.1 Å². The summed E-state index contributed by atoms with van der Waals surface area (Å²) >= 11 is 0. The van der Waals surface area contributed by atoms with Crippen LogP contribution >= 0.6 is 0 Å². The molecule has 6 nitrogen and oxygen atoms in total. The third-order valence-electron chi connectivity index (χ3n) is 3.45. The molecular formula is C15H28N2O4. The molecule has 0 spiro atoms. The van der Waals surface area contributed by atoms with E-state index in [-0.39, 0.29) is 0 Å². The van der Waals surface area contributed by atoms with Gasteiger partial charge in [0, 0.05) is 6.04 Å². The van der Waals surface area contributed by atoms with Gasteiger partial charge < -0.3 is 20.5 Å². The van der Waals surface area contributed by atoms with Gasteiger partial charge >= 0.3 is 12.1 Å². The number of amides is 1. The van der Waals surface area contributed by atoms with Gasteiger partial charge in [-0.05, 0) is 59.4 Å². The molecule has 1 heterocycles. The summed E-state index contributed by atoms with van der Waals surface area (Å²) in [4.78, 5) is 22.8. The number of piperidine rings is 1. The van der Waals surface area contributed by atoms with Gasteiger partial charge in [-0.2, -0.15) is 0 Å². The van der Waals surface area contributed by atoms with Crippen molar-refractivity contribution in [2.75, 3.05) is 6.54 Å². The largest absolute Gasteiger partial charge is 0.480 e. The normalized spacial score (nSPS) is 20.6. The minimum atomic E-state index is -1.02. The molecule has 1 aliphatic rings. The Labute approximate surface area is 126 Å². The SMILES string of the molecule is CC(C)(C)OC(=O)N[C@@H](CCCC1CCCCN1)C(=O)O. The van der Waals surface area contributed by atoms with Crippen molar-refractivity contribution in [2.45, 2.75) is 77.0 Å². The maximum Gasteiger partial charge on any atom is 0.408 e. The maximum atomic E-state index is 11.6. The van der Waals surface area contributed by atoms with Gasteiger partial charge in [0.1, 0.15) is 11.6 Å². The molecule has 0 aromatic carbocycles. The molecule has 1 unspecified atom stereocenters. The van der Waals surface area contributed by atoms with Crippen LogP contribution in [0.5, 0.6) is 0 Å². The summed E-state index contributed by atoms with van der Waals surface area (Å²) in [5, 5.41) is 15.0. The van der Waals surface area contributed by atoms with E-state index in [9.17, 15) is 14.7 Å². The third kappa shape index (κ3) is 7.90. The predicted molar refractivity (Wildman–Crippen MR) is 80.3 cm³/mol. The van der Waals surface area contributed by atoms with Gasteiger partial charge in [0.25, 0.3) is 0 Å². The van der Waals surface area contributed by atoms with Crippen LogP contribution in [0.15, 0.2) is 0 Å². The maximum absolute atomic E-state index is 11.6. The van der Waals surface area contributed by atoms with Crippen LogP contribution in [0, 0.1) is 0 Å². The second kappa shape index (κ2) is 8.22. The zero-order chi connectivity index (χ0) is 15.9. The number of hydrogen-bond donors (Lipinski definition) is 3. The molecule has 0 saturated carbocycles. The van der Waals surface area contributed by atoms with Crippen molar-refractivity contribution in [3.8, 4) is 0 Å². The van der Waals surface area contributed by atoms with E-state index in [1.165, 1.54) is 12.8 Å². The standard InChI is InChI=1S/C15H28N2O4/c1-15(2,3)21-14(20)17-12(13(18)19)9-6-8-11-7-4-5-10-16-11/h11-12,16H,4-10H2,1-3H3,(H,17,20)(H,18,19)/t11?,12-/m0/s1. The van der Waals surface area contributed by atoms with Gasteiger partial charge in [0.05, 0.1) is 0 Å². The van der Waals surface area contributed by atoms with Gasteiger partial charge in [-0.3, -0.25) is 0 Å². The van der Waals surface area contributed by atoms with Gasteiger partial charge in [-0.1, -0.05) is 6.42 Å². The summed E-state index contributed by atoms with van der Waals surface area (Å²) in [6.07, 6.45) is 5.06. The topological polar surface area (TPSA) is 87.7 Å². The molecule has 0 aromatic heterocycles.